The number of nitrogens with zero attached hydrogens (tertiary/aromatic N) is 3. The van der Waals surface area contributed by atoms with Gasteiger partial charge < -0.3 is 14.5 Å². The molecule has 5 rings (SSSR count). The van der Waals surface area contributed by atoms with Crippen molar-refractivity contribution in [1.29, 1.82) is 0 Å². The van der Waals surface area contributed by atoms with Gasteiger partial charge in [0.1, 0.15) is 23.9 Å². The molecule has 0 spiro atoms. The molecule has 0 saturated heterocycles. The first-order valence-corrected chi connectivity index (χ1v) is 9.21. The van der Waals surface area contributed by atoms with Crippen molar-refractivity contribution in [3.63, 3.8) is 0 Å². The van der Waals surface area contributed by atoms with Crippen molar-refractivity contribution in [2.24, 2.45) is 0 Å². The van der Waals surface area contributed by atoms with Gasteiger partial charge in [0.2, 0.25) is 0 Å². The van der Waals surface area contributed by atoms with Crippen molar-refractivity contribution in [2.45, 2.75) is 19.8 Å². The smallest absolute Gasteiger partial charge is 0.258 e. The van der Waals surface area contributed by atoms with E-state index in [4.69, 9.17) is 9.47 Å². The molecule has 0 radical (unpaired) electrons. The topological polar surface area (TPSA) is 82.0 Å². The molecule has 2 aromatic carbocycles. The van der Waals surface area contributed by atoms with E-state index < -0.39 is 0 Å². The van der Waals surface area contributed by atoms with Gasteiger partial charge in [-0.3, -0.25) is 9.48 Å². The minimum atomic E-state index is -0.331. The highest BCUT2D eigenvalue weighted by molar-refractivity contribution is 5.87. The molecule has 0 fully saturated rings. The van der Waals surface area contributed by atoms with E-state index in [0.717, 1.165) is 23.5 Å². The molecule has 29 heavy (non-hydrogen) atoms. The van der Waals surface area contributed by atoms with Crippen molar-refractivity contribution in [3.05, 3.63) is 76.4 Å². The van der Waals surface area contributed by atoms with Gasteiger partial charge in [-0.25, -0.2) is 9.37 Å². The summed E-state index contributed by atoms with van der Waals surface area (Å²) in [4.78, 5) is 19.0. The van der Waals surface area contributed by atoms with Gasteiger partial charge in [0.05, 0.1) is 42.7 Å². The van der Waals surface area contributed by atoms with Crippen molar-refractivity contribution in [3.8, 4) is 16.9 Å². The molecule has 4 aromatic rings. The SMILES string of the molecule is O=c1[nH]cnc2cc(OCc3cc4n(n3)CCOC4)c(-c3ccc(F)cc3)cc12. The summed E-state index contributed by atoms with van der Waals surface area (Å²) in [6, 6.07) is 11.5. The third-order valence-corrected chi connectivity index (χ3v) is 4.88. The second kappa shape index (κ2) is 7.14. The first-order chi connectivity index (χ1) is 14.2. The lowest BCUT2D eigenvalue weighted by Crippen LogP contribution is -2.17. The molecule has 146 valence electrons. The number of aromatic amines is 1. The lowest BCUT2D eigenvalue weighted by Gasteiger charge is -2.13. The first-order valence-electron chi connectivity index (χ1n) is 9.21. The van der Waals surface area contributed by atoms with Crippen LogP contribution in [0, 0.1) is 5.82 Å². The number of hydrogen-bond acceptors (Lipinski definition) is 5. The maximum Gasteiger partial charge on any atom is 0.258 e. The van der Waals surface area contributed by atoms with E-state index in [9.17, 15) is 9.18 Å². The summed E-state index contributed by atoms with van der Waals surface area (Å²) in [6.45, 7) is 2.16. The Balaban J connectivity index is 1.54. The zero-order chi connectivity index (χ0) is 19.8. The van der Waals surface area contributed by atoms with E-state index >= 15 is 0 Å². The Morgan fingerprint density at radius 3 is 2.90 bits per heavy atom. The highest BCUT2D eigenvalue weighted by Crippen LogP contribution is 2.33. The molecule has 1 aliphatic rings. The quantitative estimate of drug-likeness (QED) is 0.577. The molecule has 0 bridgehead atoms. The predicted octanol–water partition coefficient (Wildman–Crippen LogP) is 3.03. The van der Waals surface area contributed by atoms with Gasteiger partial charge in [-0.05, 0) is 29.8 Å². The van der Waals surface area contributed by atoms with E-state index in [2.05, 4.69) is 15.1 Å². The second-order valence-electron chi connectivity index (χ2n) is 6.80. The highest BCUT2D eigenvalue weighted by atomic mass is 19.1. The van der Waals surface area contributed by atoms with Crippen molar-refractivity contribution < 1.29 is 13.9 Å². The maximum atomic E-state index is 13.4. The van der Waals surface area contributed by atoms with Crippen LogP contribution >= 0.6 is 0 Å². The number of nitrogens with one attached hydrogen (secondary N) is 1. The van der Waals surface area contributed by atoms with E-state index in [1.807, 2.05) is 10.7 Å². The number of rotatable bonds is 4. The van der Waals surface area contributed by atoms with E-state index in [-0.39, 0.29) is 18.0 Å². The third kappa shape index (κ3) is 3.38. The molecule has 0 aliphatic carbocycles. The van der Waals surface area contributed by atoms with E-state index in [1.165, 1.54) is 18.5 Å². The number of benzene rings is 2. The molecule has 3 heterocycles. The number of fused-ring (bicyclic) bond motifs is 2. The molecule has 0 saturated carbocycles. The maximum absolute atomic E-state index is 13.4. The van der Waals surface area contributed by atoms with Gasteiger partial charge in [0, 0.05) is 11.6 Å². The highest BCUT2D eigenvalue weighted by Gasteiger charge is 2.15. The average Bonchev–Trinajstić information content (AvgIpc) is 3.16. The van der Waals surface area contributed by atoms with Crippen molar-refractivity contribution in [2.75, 3.05) is 6.61 Å². The average molecular weight is 392 g/mol. The van der Waals surface area contributed by atoms with E-state index in [0.29, 0.717) is 35.4 Å². The van der Waals surface area contributed by atoms with Gasteiger partial charge in [0.15, 0.2) is 0 Å². The largest absolute Gasteiger partial charge is 0.486 e. The summed E-state index contributed by atoms with van der Waals surface area (Å²) in [6.07, 6.45) is 1.36. The summed E-state index contributed by atoms with van der Waals surface area (Å²) >= 11 is 0. The molecule has 0 unspecified atom stereocenters. The fraction of sp³-hybridized carbons (Fsp3) is 0.190. The molecule has 0 atom stereocenters. The molecule has 2 aromatic heterocycles. The van der Waals surface area contributed by atoms with Crippen LogP contribution in [0.2, 0.25) is 0 Å². The summed E-state index contributed by atoms with van der Waals surface area (Å²) in [5, 5.41) is 4.99. The summed E-state index contributed by atoms with van der Waals surface area (Å²) in [5.41, 5.74) is 3.50. The molecule has 7 nitrogen and oxygen atoms in total. The zero-order valence-electron chi connectivity index (χ0n) is 15.4. The molecular weight excluding hydrogens is 375 g/mol. The van der Waals surface area contributed by atoms with Crippen LogP contribution in [0.1, 0.15) is 11.4 Å². The van der Waals surface area contributed by atoms with Crippen LogP contribution in [0.5, 0.6) is 5.75 Å². The number of H-pyrrole nitrogens is 1. The van der Waals surface area contributed by atoms with Crippen LogP contribution in [0.15, 0.2) is 53.6 Å². The standard InChI is InChI=1S/C21H17FN4O3/c22-14-3-1-13(2-4-14)17-8-18-19(23-12-24-21(18)27)9-20(17)29-10-15-7-16-11-28-6-5-26(16)25-15/h1-4,7-9,12H,5-6,10-11H2,(H,23,24,27). The predicted molar refractivity (Wildman–Crippen MR) is 104 cm³/mol. The molecule has 1 N–H and O–H groups in total. The zero-order valence-corrected chi connectivity index (χ0v) is 15.4. The monoisotopic (exact) mass is 392 g/mol. The minimum absolute atomic E-state index is 0.244. The summed E-state index contributed by atoms with van der Waals surface area (Å²) in [7, 11) is 0. The summed E-state index contributed by atoms with van der Waals surface area (Å²) < 4.78 is 26.8. The summed E-state index contributed by atoms with van der Waals surface area (Å²) in [5.74, 6) is 0.215. The van der Waals surface area contributed by atoms with Crippen LogP contribution < -0.4 is 10.3 Å². The third-order valence-electron chi connectivity index (χ3n) is 4.88. The number of aromatic nitrogens is 4. The van der Waals surface area contributed by atoms with Crippen LogP contribution in [-0.4, -0.2) is 26.4 Å². The fourth-order valence-corrected chi connectivity index (χ4v) is 3.45. The van der Waals surface area contributed by atoms with Crippen molar-refractivity contribution >= 4 is 10.9 Å². The Hall–Kier alpha value is -3.52. The van der Waals surface area contributed by atoms with Gasteiger partial charge in [0.25, 0.3) is 5.56 Å². The molecular formula is C21H17FN4O3. The lowest BCUT2D eigenvalue weighted by molar-refractivity contribution is 0.0799. The van der Waals surface area contributed by atoms with Crippen LogP contribution in [0.3, 0.4) is 0 Å². The van der Waals surface area contributed by atoms with Crippen LogP contribution in [0.25, 0.3) is 22.0 Å². The van der Waals surface area contributed by atoms with Crippen LogP contribution in [0.4, 0.5) is 4.39 Å². The van der Waals surface area contributed by atoms with E-state index in [1.54, 1.807) is 24.3 Å². The Morgan fingerprint density at radius 2 is 2.07 bits per heavy atom. The van der Waals surface area contributed by atoms with Gasteiger partial charge >= 0.3 is 0 Å². The number of ether oxygens (including phenoxy) is 2. The van der Waals surface area contributed by atoms with Gasteiger partial charge in [-0.1, -0.05) is 12.1 Å². The fourth-order valence-electron chi connectivity index (χ4n) is 3.45. The minimum Gasteiger partial charge on any atom is -0.486 e. The Labute approximate surface area is 164 Å². The van der Waals surface area contributed by atoms with Gasteiger partial charge in [-0.15, -0.1) is 0 Å². The van der Waals surface area contributed by atoms with Gasteiger partial charge in [-0.2, -0.15) is 5.10 Å². The Bertz CT molecular complexity index is 1220. The Kier molecular flexibility index (Phi) is 4.33. The molecule has 1 aliphatic heterocycles. The normalized spacial score (nSPS) is 13.4. The molecule has 8 heteroatoms. The lowest BCUT2D eigenvalue weighted by atomic mass is 10.0. The molecule has 0 amide bonds. The number of halogens is 1. The first kappa shape index (κ1) is 17.6. The van der Waals surface area contributed by atoms with Crippen LogP contribution in [-0.2, 0) is 24.5 Å². The number of hydrogen-bond donors (Lipinski definition) is 1. The second-order valence-corrected chi connectivity index (χ2v) is 6.80. The van der Waals surface area contributed by atoms with Crippen molar-refractivity contribution in [1.82, 2.24) is 19.7 Å². The Morgan fingerprint density at radius 1 is 1.21 bits per heavy atom.